The SMILES string of the molecule is C=CC(=O)N1CCN(c2nc(C)nc3c(F)c(-c4cccc5ccccc45)c(Cl)cc23)CC1.CC. The van der Waals surface area contributed by atoms with E-state index in [1.807, 2.05) is 56.3 Å². The first-order valence-electron chi connectivity index (χ1n) is 11.8. The van der Waals surface area contributed by atoms with Gasteiger partial charge in [0.25, 0.3) is 0 Å². The second-order valence-electron chi connectivity index (χ2n) is 8.08. The molecule has 1 fully saturated rings. The number of fused-ring (bicyclic) bond motifs is 2. The van der Waals surface area contributed by atoms with Crippen molar-refractivity contribution in [1.82, 2.24) is 14.9 Å². The summed E-state index contributed by atoms with van der Waals surface area (Å²) < 4.78 is 16.0. The van der Waals surface area contributed by atoms with Gasteiger partial charge in [0.15, 0.2) is 5.82 Å². The normalized spacial score (nSPS) is 13.5. The Morgan fingerprint density at radius 1 is 1.03 bits per heavy atom. The smallest absolute Gasteiger partial charge is 0.246 e. The summed E-state index contributed by atoms with van der Waals surface area (Å²) in [7, 11) is 0. The van der Waals surface area contributed by atoms with E-state index >= 15 is 4.39 Å². The number of amides is 1. The second-order valence-corrected chi connectivity index (χ2v) is 8.49. The van der Waals surface area contributed by atoms with Crippen LogP contribution in [-0.2, 0) is 4.79 Å². The lowest BCUT2D eigenvalue weighted by Crippen LogP contribution is -2.48. The van der Waals surface area contributed by atoms with Gasteiger partial charge in [-0.15, -0.1) is 0 Å². The van der Waals surface area contributed by atoms with E-state index in [0.717, 1.165) is 16.3 Å². The summed E-state index contributed by atoms with van der Waals surface area (Å²) in [6, 6.07) is 15.4. The highest BCUT2D eigenvalue weighted by Gasteiger charge is 2.25. The van der Waals surface area contributed by atoms with E-state index in [1.165, 1.54) is 6.08 Å². The third-order valence-electron chi connectivity index (χ3n) is 6.10. The average Bonchev–Trinajstić information content (AvgIpc) is 2.90. The first-order valence-corrected chi connectivity index (χ1v) is 12.2. The van der Waals surface area contributed by atoms with Crippen LogP contribution in [0.1, 0.15) is 19.7 Å². The molecule has 0 N–H and O–H groups in total. The quantitative estimate of drug-likeness (QED) is 0.311. The molecule has 1 aliphatic heterocycles. The van der Waals surface area contributed by atoms with E-state index in [9.17, 15) is 4.79 Å². The molecule has 1 aliphatic rings. The molecule has 1 saturated heterocycles. The van der Waals surface area contributed by atoms with Gasteiger partial charge in [-0.3, -0.25) is 4.79 Å². The Balaban J connectivity index is 0.00000141. The molecule has 0 radical (unpaired) electrons. The first-order chi connectivity index (χ1) is 17.0. The fourth-order valence-corrected chi connectivity index (χ4v) is 4.78. The van der Waals surface area contributed by atoms with Gasteiger partial charge in [-0.1, -0.05) is 74.5 Å². The fraction of sp³-hybridized carbons (Fsp3) is 0.250. The number of aryl methyl sites for hydroxylation is 1. The van der Waals surface area contributed by atoms with Crippen LogP contribution in [0.5, 0.6) is 0 Å². The van der Waals surface area contributed by atoms with E-state index < -0.39 is 5.82 Å². The zero-order valence-corrected chi connectivity index (χ0v) is 20.9. The lowest BCUT2D eigenvalue weighted by Gasteiger charge is -2.35. The largest absolute Gasteiger partial charge is 0.352 e. The summed E-state index contributed by atoms with van der Waals surface area (Å²) >= 11 is 6.70. The minimum atomic E-state index is -0.457. The Morgan fingerprint density at radius 2 is 1.71 bits per heavy atom. The van der Waals surface area contributed by atoms with Gasteiger partial charge in [0, 0.05) is 37.1 Å². The average molecular weight is 491 g/mol. The Morgan fingerprint density at radius 3 is 2.43 bits per heavy atom. The van der Waals surface area contributed by atoms with E-state index in [-0.39, 0.29) is 11.4 Å². The molecule has 3 aromatic carbocycles. The molecule has 0 aliphatic carbocycles. The van der Waals surface area contributed by atoms with Crippen LogP contribution in [0.25, 0.3) is 32.8 Å². The van der Waals surface area contributed by atoms with Crippen molar-refractivity contribution in [2.24, 2.45) is 0 Å². The van der Waals surface area contributed by atoms with Crippen LogP contribution in [0.15, 0.2) is 61.2 Å². The van der Waals surface area contributed by atoms with E-state index in [0.29, 0.717) is 53.8 Å². The fourth-order valence-electron chi connectivity index (χ4n) is 4.49. The molecular weight excluding hydrogens is 463 g/mol. The van der Waals surface area contributed by atoms with E-state index in [1.54, 1.807) is 17.9 Å². The monoisotopic (exact) mass is 490 g/mol. The minimum absolute atomic E-state index is 0.0906. The van der Waals surface area contributed by atoms with Gasteiger partial charge in [0.1, 0.15) is 17.2 Å². The lowest BCUT2D eigenvalue weighted by molar-refractivity contribution is -0.126. The van der Waals surface area contributed by atoms with Crippen LogP contribution in [0.4, 0.5) is 10.2 Å². The number of benzene rings is 3. The summed E-state index contributed by atoms with van der Waals surface area (Å²) in [4.78, 5) is 24.8. The molecule has 1 amide bonds. The van der Waals surface area contributed by atoms with Crippen molar-refractivity contribution in [2.75, 3.05) is 31.1 Å². The van der Waals surface area contributed by atoms with Crippen LogP contribution >= 0.6 is 11.6 Å². The lowest BCUT2D eigenvalue weighted by atomic mass is 9.96. The van der Waals surface area contributed by atoms with Crippen molar-refractivity contribution in [3.8, 4) is 11.1 Å². The van der Waals surface area contributed by atoms with Gasteiger partial charge in [0.05, 0.1) is 5.02 Å². The van der Waals surface area contributed by atoms with Crippen molar-refractivity contribution in [2.45, 2.75) is 20.8 Å². The third-order valence-corrected chi connectivity index (χ3v) is 6.40. The van der Waals surface area contributed by atoms with Gasteiger partial charge in [0.2, 0.25) is 5.91 Å². The topological polar surface area (TPSA) is 49.3 Å². The summed E-state index contributed by atoms with van der Waals surface area (Å²) in [6.07, 6.45) is 1.32. The maximum atomic E-state index is 16.0. The Bertz CT molecular complexity index is 1410. The highest BCUT2D eigenvalue weighted by Crippen LogP contribution is 2.40. The first kappa shape index (κ1) is 24.6. The standard InChI is InChI=1S/C26H22ClFN4O.C2H6/c1-3-22(33)31-11-13-32(14-12-31)26-20-15-21(27)23(24(28)25(20)29-16(2)30-26)19-10-6-8-17-7-4-5-9-18(17)19;1-2/h3-10,15H,1,11-14H2,2H3;1-2H3. The predicted octanol–water partition coefficient (Wildman–Crippen LogP) is 6.41. The second kappa shape index (κ2) is 10.4. The number of aromatic nitrogens is 2. The summed E-state index contributed by atoms with van der Waals surface area (Å²) in [6.45, 7) is 11.6. The molecule has 0 unspecified atom stereocenters. The summed E-state index contributed by atoms with van der Waals surface area (Å²) in [5, 5.41) is 2.81. The number of hydrogen-bond acceptors (Lipinski definition) is 4. The number of nitrogens with zero attached hydrogens (tertiary/aromatic N) is 4. The molecule has 5 nitrogen and oxygen atoms in total. The number of carbonyl (C=O) groups excluding carboxylic acids is 1. The zero-order valence-electron chi connectivity index (χ0n) is 20.2. The molecule has 7 heteroatoms. The number of carbonyl (C=O) groups is 1. The van der Waals surface area contributed by atoms with Gasteiger partial charge >= 0.3 is 0 Å². The molecule has 0 spiro atoms. The molecular formula is C28H28ClFN4O. The summed E-state index contributed by atoms with van der Waals surface area (Å²) in [5.74, 6) is 0.564. The van der Waals surface area contributed by atoms with Crippen LogP contribution in [0.3, 0.4) is 0 Å². The predicted molar refractivity (Wildman–Crippen MR) is 143 cm³/mol. The molecule has 4 aromatic rings. The van der Waals surface area contributed by atoms with E-state index in [2.05, 4.69) is 21.4 Å². The van der Waals surface area contributed by atoms with Gasteiger partial charge in [-0.25, -0.2) is 14.4 Å². The van der Waals surface area contributed by atoms with E-state index in [4.69, 9.17) is 11.6 Å². The molecule has 180 valence electrons. The number of rotatable bonds is 3. The van der Waals surface area contributed by atoms with Crippen LogP contribution in [-0.4, -0.2) is 47.0 Å². The van der Waals surface area contributed by atoms with Crippen molar-refractivity contribution in [1.29, 1.82) is 0 Å². The van der Waals surface area contributed by atoms with Gasteiger partial charge in [-0.05, 0) is 35.4 Å². The van der Waals surface area contributed by atoms with Gasteiger partial charge in [-0.2, -0.15) is 0 Å². The van der Waals surface area contributed by atoms with Crippen LogP contribution < -0.4 is 4.90 Å². The summed E-state index contributed by atoms with van der Waals surface area (Å²) in [5.41, 5.74) is 1.31. The minimum Gasteiger partial charge on any atom is -0.352 e. The van der Waals surface area contributed by atoms with Crippen molar-refractivity contribution < 1.29 is 9.18 Å². The molecule has 1 aromatic heterocycles. The molecule has 0 saturated carbocycles. The number of hydrogen-bond donors (Lipinski definition) is 0. The third kappa shape index (κ3) is 4.58. The van der Waals surface area contributed by atoms with Crippen molar-refractivity contribution in [3.63, 3.8) is 0 Å². The number of anilines is 1. The van der Waals surface area contributed by atoms with Gasteiger partial charge < -0.3 is 9.80 Å². The van der Waals surface area contributed by atoms with Crippen molar-refractivity contribution >= 4 is 45.0 Å². The van der Waals surface area contributed by atoms with Crippen LogP contribution in [0.2, 0.25) is 5.02 Å². The molecule has 0 atom stereocenters. The number of piperazine rings is 1. The molecule has 35 heavy (non-hydrogen) atoms. The molecule has 0 bridgehead atoms. The highest BCUT2D eigenvalue weighted by molar-refractivity contribution is 6.35. The Kier molecular flexibility index (Phi) is 7.31. The molecule has 2 heterocycles. The number of halogens is 2. The van der Waals surface area contributed by atoms with Crippen molar-refractivity contribution in [3.05, 3.63) is 77.9 Å². The Hall–Kier alpha value is -3.51. The highest BCUT2D eigenvalue weighted by atomic mass is 35.5. The van der Waals surface area contributed by atoms with Crippen LogP contribution in [0, 0.1) is 12.7 Å². The maximum Gasteiger partial charge on any atom is 0.246 e. The zero-order chi connectivity index (χ0) is 25.1. The molecule has 5 rings (SSSR count). The maximum absolute atomic E-state index is 16.0. The Labute approximate surface area is 209 Å².